The van der Waals surface area contributed by atoms with Crippen LogP contribution in [0.3, 0.4) is 0 Å². The van der Waals surface area contributed by atoms with Crippen molar-refractivity contribution in [1.82, 2.24) is 5.32 Å². The third-order valence-corrected chi connectivity index (χ3v) is 2.78. The highest BCUT2D eigenvalue weighted by atomic mass is 16.5. The Bertz CT molecular complexity index is 391. The first kappa shape index (κ1) is 14.5. The molecule has 1 rings (SSSR count). The van der Waals surface area contributed by atoms with Gasteiger partial charge in [-0.25, -0.2) is 0 Å². The molecule has 0 aliphatic heterocycles. The number of aliphatic hydroxyl groups is 1. The van der Waals surface area contributed by atoms with Gasteiger partial charge in [-0.1, -0.05) is 19.1 Å². The molecule has 18 heavy (non-hydrogen) atoms. The fraction of sp³-hybridized carbons (Fsp3) is 0.500. The molecule has 1 amide bonds. The van der Waals surface area contributed by atoms with E-state index in [0.29, 0.717) is 19.4 Å². The van der Waals surface area contributed by atoms with E-state index < -0.39 is 0 Å². The fourth-order valence-electron chi connectivity index (χ4n) is 1.75. The van der Waals surface area contributed by atoms with E-state index in [2.05, 4.69) is 12.2 Å². The Morgan fingerprint density at radius 1 is 1.44 bits per heavy atom. The number of amides is 1. The second-order valence-electron chi connectivity index (χ2n) is 4.10. The number of aliphatic hydroxyl groups excluding tert-OH is 1. The lowest BCUT2D eigenvalue weighted by atomic mass is 10.1. The van der Waals surface area contributed by atoms with Gasteiger partial charge in [0.25, 0.3) is 0 Å². The predicted octanol–water partition coefficient (Wildman–Crippen LogP) is 1.65. The molecule has 0 saturated carbocycles. The van der Waals surface area contributed by atoms with Gasteiger partial charge in [0.2, 0.25) is 5.91 Å². The quantitative estimate of drug-likeness (QED) is 0.774. The number of carbonyl (C=O) groups is 1. The lowest BCUT2D eigenvalue weighted by molar-refractivity contribution is -0.121. The molecule has 0 spiro atoms. The molecule has 0 aliphatic carbocycles. The zero-order valence-electron chi connectivity index (χ0n) is 11.0. The second-order valence-corrected chi connectivity index (χ2v) is 4.10. The van der Waals surface area contributed by atoms with Crippen LogP contribution < -0.4 is 10.1 Å². The minimum atomic E-state index is -0.0297. The molecule has 0 heterocycles. The van der Waals surface area contributed by atoms with Gasteiger partial charge in [0, 0.05) is 19.6 Å². The van der Waals surface area contributed by atoms with Crippen LogP contribution in [-0.4, -0.2) is 24.7 Å². The predicted molar refractivity (Wildman–Crippen MR) is 70.5 cm³/mol. The van der Waals surface area contributed by atoms with E-state index in [9.17, 15) is 4.79 Å². The van der Waals surface area contributed by atoms with Crippen molar-refractivity contribution in [3.8, 4) is 5.75 Å². The molecule has 2 N–H and O–H groups in total. The van der Waals surface area contributed by atoms with Crippen LogP contribution in [0, 0.1) is 0 Å². The van der Waals surface area contributed by atoms with Crippen LogP contribution in [0.25, 0.3) is 0 Å². The third kappa shape index (κ3) is 4.37. The van der Waals surface area contributed by atoms with Crippen LogP contribution in [0.5, 0.6) is 5.75 Å². The monoisotopic (exact) mass is 251 g/mol. The summed E-state index contributed by atoms with van der Waals surface area (Å²) in [6.07, 6.45) is 1.78. The highest BCUT2D eigenvalue weighted by Gasteiger charge is 2.04. The third-order valence-electron chi connectivity index (χ3n) is 2.78. The summed E-state index contributed by atoms with van der Waals surface area (Å²) in [6, 6.07) is 5.92. The van der Waals surface area contributed by atoms with Crippen molar-refractivity contribution < 1.29 is 14.6 Å². The normalized spacial score (nSPS) is 10.2. The van der Waals surface area contributed by atoms with E-state index in [1.807, 2.05) is 18.2 Å². The van der Waals surface area contributed by atoms with Crippen LogP contribution in [0.15, 0.2) is 18.2 Å². The van der Waals surface area contributed by atoms with Gasteiger partial charge in [-0.15, -0.1) is 0 Å². The fourth-order valence-corrected chi connectivity index (χ4v) is 1.75. The summed E-state index contributed by atoms with van der Waals surface area (Å²) in [5, 5.41) is 11.5. The maximum absolute atomic E-state index is 11.4. The molecule has 4 nitrogen and oxygen atoms in total. The molecular formula is C14H21NO3. The van der Waals surface area contributed by atoms with E-state index in [1.165, 1.54) is 0 Å². The Morgan fingerprint density at radius 2 is 2.22 bits per heavy atom. The molecule has 0 saturated heterocycles. The average molecular weight is 251 g/mol. The largest absolute Gasteiger partial charge is 0.496 e. The lowest BCUT2D eigenvalue weighted by Crippen LogP contribution is -2.22. The summed E-state index contributed by atoms with van der Waals surface area (Å²) < 4.78 is 5.25. The first-order valence-corrected chi connectivity index (χ1v) is 6.24. The molecule has 4 heteroatoms. The Balaban J connectivity index is 2.55. The van der Waals surface area contributed by atoms with Gasteiger partial charge < -0.3 is 15.2 Å². The van der Waals surface area contributed by atoms with Crippen LogP contribution in [-0.2, 0) is 17.8 Å². The minimum absolute atomic E-state index is 0.0297. The van der Waals surface area contributed by atoms with Gasteiger partial charge >= 0.3 is 0 Å². The zero-order valence-corrected chi connectivity index (χ0v) is 11.0. The van der Waals surface area contributed by atoms with E-state index in [-0.39, 0.29) is 12.5 Å². The molecule has 0 atom stereocenters. The van der Waals surface area contributed by atoms with Gasteiger partial charge in [-0.05, 0) is 30.0 Å². The molecule has 0 unspecified atom stereocenters. The van der Waals surface area contributed by atoms with Crippen LogP contribution in [0.4, 0.5) is 0 Å². The van der Waals surface area contributed by atoms with Crippen LogP contribution >= 0.6 is 0 Å². The Morgan fingerprint density at radius 3 is 2.83 bits per heavy atom. The highest BCUT2D eigenvalue weighted by Crippen LogP contribution is 2.20. The van der Waals surface area contributed by atoms with Gasteiger partial charge in [0.15, 0.2) is 0 Å². The van der Waals surface area contributed by atoms with Crippen LogP contribution in [0.2, 0.25) is 0 Å². The SMILES string of the molecule is CCc1cc(CNC(=O)CCCO)ccc1OC. The highest BCUT2D eigenvalue weighted by molar-refractivity contribution is 5.75. The minimum Gasteiger partial charge on any atom is -0.496 e. The Kier molecular flexibility index (Phi) is 6.22. The first-order valence-electron chi connectivity index (χ1n) is 6.24. The maximum Gasteiger partial charge on any atom is 0.220 e. The number of aryl methyl sites for hydroxylation is 1. The molecule has 1 aromatic rings. The van der Waals surface area contributed by atoms with Gasteiger partial charge in [-0.3, -0.25) is 4.79 Å². The first-order chi connectivity index (χ1) is 8.71. The van der Waals surface area contributed by atoms with Crippen molar-refractivity contribution in [2.24, 2.45) is 0 Å². The van der Waals surface area contributed by atoms with Crippen molar-refractivity contribution >= 4 is 5.91 Å². The lowest BCUT2D eigenvalue weighted by Gasteiger charge is -2.10. The summed E-state index contributed by atoms with van der Waals surface area (Å²) in [4.78, 5) is 11.4. The van der Waals surface area contributed by atoms with E-state index >= 15 is 0 Å². The second kappa shape index (κ2) is 7.71. The number of nitrogens with one attached hydrogen (secondary N) is 1. The van der Waals surface area contributed by atoms with Crippen molar-refractivity contribution in [3.05, 3.63) is 29.3 Å². The summed E-state index contributed by atoms with van der Waals surface area (Å²) in [7, 11) is 1.66. The summed E-state index contributed by atoms with van der Waals surface area (Å²) in [6.45, 7) is 2.64. The molecule has 0 aromatic heterocycles. The maximum atomic E-state index is 11.4. The Hall–Kier alpha value is -1.55. The number of ether oxygens (including phenoxy) is 1. The topological polar surface area (TPSA) is 58.6 Å². The molecule has 0 aliphatic rings. The van der Waals surface area contributed by atoms with Gasteiger partial charge in [0.1, 0.15) is 5.75 Å². The van der Waals surface area contributed by atoms with Crippen LogP contribution in [0.1, 0.15) is 30.9 Å². The smallest absolute Gasteiger partial charge is 0.220 e. The number of hydrogen-bond donors (Lipinski definition) is 2. The number of methoxy groups -OCH3 is 1. The average Bonchev–Trinajstić information content (AvgIpc) is 2.42. The Labute approximate surface area is 108 Å². The number of benzene rings is 1. The van der Waals surface area contributed by atoms with E-state index in [4.69, 9.17) is 9.84 Å². The van der Waals surface area contributed by atoms with Crippen molar-refractivity contribution in [3.63, 3.8) is 0 Å². The summed E-state index contributed by atoms with van der Waals surface area (Å²) in [5.41, 5.74) is 2.20. The van der Waals surface area contributed by atoms with E-state index in [0.717, 1.165) is 23.3 Å². The van der Waals surface area contributed by atoms with Gasteiger partial charge in [0.05, 0.1) is 7.11 Å². The van der Waals surface area contributed by atoms with Crippen molar-refractivity contribution in [2.45, 2.75) is 32.7 Å². The van der Waals surface area contributed by atoms with Crippen molar-refractivity contribution in [1.29, 1.82) is 0 Å². The molecule has 0 fully saturated rings. The molecule has 100 valence electrons. The van der Waals surface area contributed by atoms with E-state index in [1.54, 1.807) is 7.11 Å². The van der Waals surface area contributed by atoms with Crippen molar-refractivity contribution in [2.75, 3.05) is 13.7 Å². The number of carbonyl (C=O) groups excluding carboxylic acids is 1. The summed E-state index contributed by atoms with van der Waals surface area (Å²) in [5.74, 6) is 0.853. The molecule has 1 aromatic carbocycles. The molecular weight excluding hydrogens is 230 g/mol. The standard InChI is InChI=1S/C14H21NO3/c1-3-12-9-11(6-7-13(12)18-2)10-15-14(17)5-4-8-16/h6-7,9,16H,3-5,8,10H2,1-2H3,(H,15,17). The zero-order chi connectivity index (χ0) is 13.4. The number of rotatable bonds is 7. The molecule has 0 bridgehead atoms. The molecule has 0 radical (unpaired) electrons. The van der Waals surface area contributed by atoms with Gasteiger partial charge in [-0.2, -0.15) is 0 Å². The summed E-state index contributed by atoms with van der Waals surface area (Å²) >= 11 is 0. The number of hydrogen-bond acceptors (Lipinski definition) is 3.